The van der Waals surface area contributed by atoms with Gasteiger partial charge in [0.2, 0.25) is 0 Å². The predicted molar refractivity (Wildman–Crippen MR) is 23.2 cm³/mol. The second-order valence-electron chi connectivity index (χ2n) is 0.241. The molecule has 1 atom stereocenters. The number of nitrogens with zero attached hydrogens (tertiary/aromatic N) is 1. The van der Waals surface area contributed by atoms with Gasteiger partial charge in [0.15, 0.2) is 0 Å². The molecule has 4 heavy (non-hydrogen) atoms. The largest absolute Gasteiger partial charge is 0.294 e. The Morgan fingerprint density at radius 1 is 2.00 bits per heavy atom. The molecule has 0 aromatic rings. The van der Waals surface area contributed by atoms with Gasteiger partial charge in [-0.1, -0.05) is 0 Å². The van der Waals surface area contributed by atoms with E-state index in [2.05, 4.69) is 13.5 Å². The molecule has 0 amide bonds. The minimum absolute atomic E-state index is 0.179. The number of rotatable bonds is 1. The Kier molecular flexibility index (Phi) is 3.92. The fraction of sp³-hybridized carbons (Fsp3) is 0. The molecule has 0 aliphatic heterocycles. The lowest BCUT2D eigenvalue weighted by molar-refractivity contribution is 1.90. The van der Waals surface area contributed by atoms with Gasteiger partial charge in [-0.2, -0.15) is 0 Å². The SMILES string of the molecule is NPN=P. The summed E-state index contributed by atoms with van der Waals surface area (Å²) in [5.41, 5.74) is 4.84. The van der Waals surface area contributed by atoms with E-state index >= 15 is 0 Å². The summed E-state index contributed by atoms with van der Waals surface area (Å²) in [7, 11) is 2.98. The Morgan fingerprint density at radius 3 is 2.25 bits per heavy atom. The van der Waals surface area contributed by atoms with Crippen molar-refractivity contribution >= 4 is 17.9 Å². The molecule has 0 aliphatic carbocycles. The minimum Gasteiger partial charge on any atom is -0.294 e. The van der Waals surface area contributed by atoms with Crippen LogP contribution in [0.15, 0.2) is 4.52 Å². The van der Waals surface area contributed by atoms with E-state index in [0.29, 0.717) is 0 Å². The highest BCUT2D eigenvalue weighted by molar-refractivity contribution is 7.38. The van der Waals surface area contributed by atoms with Crippen LogP contribution in [0.2, 0.25) is 0 Å². The lowest BCUT2D eigenvalue weighted by atomic mass is 13.9. The lowest BCUT2D eigenvalue weighted by Crippen LogP contribution is -1.58. The zero-order chi connectivity index (χ0) is 3.41. The van der Waals surface area contributed by atoms with E-state index in [-0.39, 0.29) is 8.88 Å². The molecule has 0 spiro atoms. The van der Waals surface area contributed by atoms with Crippen LogP contribution in [0.5, 0.6) is 0 Å². The number of nitrogens with two attached hydrogens (primary N) is 1. The zero-order valence-corrected chi connectivity index (χ0v) is 4.02. The van der Waals surface area contributed by atoms with E-state index in [1.807, 2.05) is 0 Å². The second kappa shape index (κ2) is 3.49. The maximum atomic E-state index is 4.84. The highest BCUT2D eigenvalue weighted by Crippen LogP contribution is 1.96. The van der Waals surface area contributed by atoms with Gasteiger partial charge in [0, 0.05) is 0 Å². The van der Waals surface area contributed by atoms with E-state index in [0.717, 1.165) is 0 Å². The first-order valence-electron chi connectivity index (χ1n) is 0.736. The van der Waals surface area contributed by atoms with Gasteiger partial charge in [-0.15, -0.1) is 0 Å². The third-order valence-corrected chi connectivity index (χ3v) is 0.581. The Hall–Kier alpha value is 0.490. The molecule has 0 saturated heterocycles. The van der Waals surface area contributed by atoms with E-state index in [9.17, 15) is 0 Å². The van der Waals surface area contributed by atoms with Crippen molar-refractivity contribution < 1.29 is 0 Å². The molecule has 0 radical (unpaired) electrons. The quantitative estimate of drug-likeness (QED) is 0.479. The molecule has 2 N–H and O–H groups in total. The van der Waals surface area contributed by atoms with Crippen molar-refractivity contribution in [2.75, 3.05) is 0 Å². The van der Waals surface area contributed by atoms with E-state index in [1.165, 1.54) is 0 Å². The van der Waals surface area contributed by atoms with Crippen LogP contribution in [-0.2, 0) is 0 Å². The Labute approximate surface area is 29.0 Å². The van der Waals surface area contributed by atoms with Crippen LogP contribution in [-0.4, -0.2) is 0 Å². The summed E-state index contributed by atoms with van der Waals surface area (Å²) in [5.74, 6) is 0. The summed E-state index contributed by atoms with van der Waals surface area (Å²) in [6.07, 6.45) is 0. The summed E-state index contributed by atoms with van der Waals surface area (Å²) in [6.45, 7) is 0. The molecule has 0 bridgehead atoms. The molecule has 1 unspecified atom stereocenters. The topological polar surface area (TPSA) is 38.4 Å². The fourth-order valence-electron chi connectivity index (χ4n) is 0. The summed E-state index contributed by atoms with van der Waals surface area (Å²) < 4.78 is 3.35. The Morgan fingerprint density at radius 2 is 2.25 bits per heavy atom. The standard InChI is InChI=1S/H4N2P2/c1-4-2-3/h3-4H,1H2. The Balaban J connectivity index is 2.30. The van der Waals surface area contributed by atoms with Gasteiger partial charge in [0.1, 0.15) is 0 Å². The summed E-state index contributed by atoms with van der Waals surface area (Å²) in [6, 6.07) is 0. The van der Waals surface area contributed by atoms with Crippen LogP contribution in [0, 0.1) is 0 Å². The minimum atomic E-state index is 0.179. The smallest absolute Gasteiger partial charge is 0.0735 e. The van der Waals surface area contributed by atoms with Crippen molar-refractivity contribution in [2.24, 2.45) is 10.0 Å². The van der Waals surface area contributed by atoms with Crippen LogP contribution < -0.4 is 5.50 Å². The maximum absolute atomic E-state index is 4.84. The first-order valence-corrected chi connectivity index (χ1v) is 2.21. The van der Waals surface area contributed by atoms with Crippen molar-refractivity contribution in [3.05, 3.63) is 0 Å². The first kappa shape index (κ1) is 4.49. The molecular formula is H4N2P2. The number of hydrogen-bond acceptors (Lipinski definition) is 2. The van der Waals surface area contributed by atoms with Crippen molar-refractivity contribution in [1.29, 1.82) is 0 Å². The summed E-state index contributed by atoms with van der Waals surface area (Å²) in [4.78, 5) is 0. The summed E-state index contributed by atoms with van der Waals surface area (Å²) in [5, 5.41) is 0. The molecule has 24 valence electrons. The second-order valence-corrected chi connectivity index (χ2v) is 1.39. The van der Waals surface area contributed by atoms with Crippen LogP contribution in [0.25, 0.3) is 0 Å². The van der Waals surface area contributed by atoms with Gasteiger partial charge in [-0.25, -0.2) is 4.52 Å². The van der Waals surface area contributed by atoms with Crippen molar-refractivity contribution in [3.63, 3.8) is 0 Å². The van der Waals surface area contributed by atoms with Gasteiger partial charge < -0.3 is 0 Å². The van der Waals surface area contributed by atoms with Crippen molar-refractivity contribution in [3.8, 4) is 0 Å². The zero-order valence-electron chi connectivity index (χ0n) is 2.02. The highest BCUT2D eigenvalue weighted by Gasteiger charge is 1.42. The van der Waals surface area contributed by atoms with Crippen LogP contribution in [0.4, 0.5) is 0 Å². The highest BCUT2D eigenvalue weighted by atomic mass is 31.1. The third-order valence-electron chi connectivity index (χ3n) is 0.0645. The first-order chi connectivity index (χ1) is 1.91. The van der Waals surface area contributed by atoms with Crippen molar-refractivity contribution in [1.82, 2.24) is 0 Å². The molecule has 0 fully saturated rings. The van der Waals surface area contributed by atoms with Gasteiger partial charge in [0.25, 0.3) is 0 Å². The summed E-state index contributed by atoms with van der Waals surface area (Å²) >= 11 is 0. The lowest BCUT2D eigenvalue weighted by Gasteiger charge is -1.62. The van der Waals surface area contributed by atoms with Crippen LogP contribution >= 0.6 is 17.9 Å². The molecule has 0 aromatic heterocycles. The average Bonchev–Trinajstić information content (AvgIpc) is 1.37. The van der Waals surface area contributed by atoms with Crippen LogP contribution in [0.3, 0.4) is 0 Å². The van der Waals surface area contributed by atoms with Crippen LogP contribution in [0.1, 0.15) is 0 Å². The van der Waals surface area contributed by atoms with Gasteiger partial charge in [0.05, 0.1) is 8.88 Å². The Bertz CT molecular complexity index is 18.0. The van der Waals surface area contributed by atoms with E-state index in [4.69, 9.17) is 5.50 Å². The van der Waals surface area contributed by atoms with Gasteiger partial charge >= 0.3 is 0 Å². The fourth-order valence-corrected chi connectivity index (χ4v) is 0. The normalized spacial score (nSPS) is 9.25. The van der Waals surface area contributed by atoms with Gasteiger partial charge in [-0.05, 0) is 9.03 Å². The maximum Gasteiger partial charge on any atom is 0.0735 e. The third kappa shape index (κ3) is 2.49. The molecule has 0 heterocycles. The average molecular weight is 94.0 g/mol. The molecule has 0 aromatic carbocycles. The van der Waals surface area contributed by atoms with Crippen molar-refractivity contribution in [2.45, 2.75) is 0 Å². The molecule has 0 rings (SSSR count). The molecule has 0 saturated carbocycles. The molecule has 4 heteroatoms. The van der Waals surface area contributed by atoms with Gasteiger partial charge in [-0.3, -0.25) is 5.50 Å². The molecular weight excluding hydrogens is 90.0 g/mol. The monoisotopic (exact) mass is 94.0 g/mol. The number of hydrogen-bond donors (Lipinski definition) is 1. The van der Waals surface area contributed by atoms with E-state index in [1.54, 1.807) is 0 Å². The molecule has 2 nitrogen and oxygen atoms in total. The van der Waals surface area contributed by atoms with E-state index < -0.39 is 0 Å². The molecule has 0 aliphatic rings. The predicted octanol–water partition coefficient (Wildman–Crippen LogP) is 0.780.